The van der Waals surface area contributed by atoms with E-state index in [1.807, 2.05) is 19.1 Å². The lowest BCUT2D eigenvalue weighted by molar-refractivity contribution is 0.808. The average Bonchev–Trinajstić information content (AvgIpc) is 2.41. The van der Waals surface area contributed by atoms with Crippen LogP contribution in [0.3, 0.4) is 0 Å². The van der Waals surface area contributed by atoms with Crippen molar-refractivity contribution in [1.29, 1.82) is 5.26 Å². The number of hydrogen-bond donors (Lipinski definition) is 0. The van der Waals surface area contributed by atoms with Gasteiger partial charge >= 0.3 is 5.69 Å². The summed E-state index contributed by atoms with van der Waals surface area (Å²) in [5.74, 6) is 0.381. The molecule has 0 fully saturated rings. The molecule has 1 aromatic heterocycles. The first-order valence-electron chi connectivity index (χ1n) is 6.52. The Morgan fingerprint density at radius 1 is 1.35 bits per heavy atom. The summed E-state index contributed by atoms with van der Waals surface area (Å²) in [5, 5.41) is 9.26. The smallest absolute Gasteiger partial charge is 0.301 e. The second kappa shape index (κ2) is 5.30. The van der Waals surface area contributed by atoms with Crippen molar-refractivity contribution in [3.8, 4) is 17.3 Å². The fraction of sp³-hybridized carbons (Fsp3) is 0.312. The molecule has 0 aliphatic rings. The van der Waals surface area contributed by atoms with E-state index in [2.05, 4.69) is 31.0 Å². The fourth-order valence-electron chi connectivity index (χ4n) is 2.09. The fourth-order valence-corrected chi connectivity index (χ4v) is 2.09. The predicted molar refractivity (Wildman–Crippen MR) is 78.5 cm³/mol. The Kier molecular flexibility index (Phi) is 3.71. The third kappa shape index (κ3) is 2.48. The second-order valence-electron chi connectivity index (χ2n) is 5.24. The molecule has 0 radical (unpaired) electrons. The molecule has 0 spiro atoms. The summed E-state index contributed by atoms with van der Waals surface area (Å²) >= 11 is 0. The van der Waals surface area contributed by atoms with Gasteiger partial charge in [-0.25, -0.2) is 4.79 Å². The summed E-state index contributed by atoms with van der Waals surface area (Å²) in [6, 6.07) is 8.20. The van der Waals surface area contributed by atoms with Crippen molar-refractivity contribution < 1.29 is 0 Å². The van der Waals surface area contributed by atoms with Crippen LogP contribution in [0.4, 0.5) is 0 Å². The lowest BCUT2D eigenvalue weighted by Crippen LogP contribution is -2.21. The van der Waals surface area contributed by atoms with Gasteiger partial charge in [0.1, 0.15) is 6.07 Å². The van der Waals surface area contributed by atoms with Crippen LogP contribution < -0.4 is 5.69 Å². The molecule has 0 unspecified atom stereocenters. The standard InChI is InChI=1S/C16H17N3O/c1-10(2)12-6-5-11(3)14(7-12)15-13(8-17)9-19(4)16(20)18-15/h5-7,9-10H,1-4H3. The number of nitrogens with zero attached hydrogens (tertiary/aromatic N) is 3. The molecule has 0 atom stereocenters. The van der Waals surface area contributed by atoms with Gasteiger partial charge in [0.05, 0.1) is 11.3 Å². The van der Waals surface area contributed by atoms with Gasteiger partial charge in [0.25, 0.3) is 0 Å². The summed E-state index contributed by atoms with van der Waals surface area (Å²) in [6.45, 7) is 6.17. The molecule has 4 heteroatoms. The predicted octanol–water partition coefficient (Wildman–Crippen LogP) is 2.75. The zero-order chi connectivity index (χ0) is 14.9. The number of benzene rings is 1. The zero-order valence-corrected chi connectivity index (χ0v) is 12.1. The van der Waals surface area contributed by atoms with Gasteiger partial charge in [0.2, 0.25) is 0 Å². The van der Waals surface area contributed by atoms with Gasteiger partial charge in [-0.3, -0.25) is 0 Å². The van der Waals surface area contributed by atoms with Crippen molar-refractivity contribution in [2.75, 3.05) is 0 Å². The molecule has 0 saturated carbocycles. The van der Waals surface area contributed by atoms with Gasteiger partial charge in [-0.1, -0.05) is 26.0 Å². The summed E-state index contributed by atoms with van der Waals surface area (Å²) in [4.78, 5) is 15.8. The number of hydrogen-bond acceptors (Lipinski definition) is 3. The van der Waals surface area contributed by atoms with Gasteiger partial charge in [-0.15, -0.1) is 0 Å². The zero-order valence-electron chi connectivity index (χ0n) is 12.1. The number of rotatable bonds is 2. The van der Waals surface area contributed by atoms with Crippen LogP contribution in [0.1, 0.15) is 36.5 Å². The topological polar surface area (TPSA) is 58.7 Å². The van der Waals surface area contributed by atoms with Crippen LogP contribution in [-0.4, -0.2) is 9.55 Å². The van der Waals surface area contributed by atoms with E-state index < -0.39 is 0 Å². The molecule has 0 saturated heterocycles. The van der Waals surface area contributed by atoms with Crippen molar-refractivity contribution in [3.63, 3.8) is 0 Å². The molecule has 0 amide bonds. The molecule has 2 aromatic rings. The van der Waals surface area contributed by atoms with E-state index >= 15 is 0 Å². The van der Waals surface area contributed by atoms with Gasteiger partial charge in [0.15, 0.2) is 0 Å². The van der Waals surface area contributed by atoms with Gasteiger partial charge in [-0.2, -0.15) is 10.2 Å². The van der Waals surface area contributed by atoms with Gasteiger partial charge < -0.3 is 4.57 Å². The number of aryl methyl sites for hydroxylation is 2. The monoisotopic (exact) mass is 267 g/mol. The maximum Gasteiger partial charge on any atom is 0.347 e. The Labute approximate surface area is 118 Å². The Hall–Kier alpha value is -2.41. The highest BCUT2D eigenvalue weighted by molar-refractivity contribution is 5.69. The van der Waals surface area contributed by atoms with Crippen LogP contribution in [0.2, 0.25) is 0 Å². The molecule has 0 aliphatic carbocycles. The highest BCUT2D eigenvalue weighted by Gasteiger charge is 2.13. The largest absolute Gasteiger partial charge is 0.347 e. The van der Waals surface area contributed by atoms with E-state index in [-0.39, 0.29) is 5.69 Å². The summed E-state index contributed by atoms with van der Waals surface area (Å²) in [5.41, 5.74) is 3.55. The number of nitriles is 1. The highest BCUT2D eigenvalue weighted by atomic mass is 16.1. The Morgan fingerprint density at radius 2 is 2.05 bits per heavy atom. The summed E-state index contributed by atoms with van der Waals surface area (Å²) in [7, 11) is 1.59. The third-order valence-corrected chi connectivity index (χ3v) is 3.39. The molecule has 4 nitrogen and oxygen atoms in total. The highest BCUT2D eigenvalue weighted by Crippen LogP contribution is 2.27. The summed E-state index contributed by atoms with van der Waals surface area (Å²) in [6.07, 6.45) is 1.53. The van der Waals surface area contributed by atoms with E-state index in [1.54, 1.807) is 7.05 Å². The van der Waals surface area contributed by atoms with E-state index in [9.17, 15) is 10.1 Å². The van der Waals surface area contributed by atoms with Crippen molar-refractivity contribution in [2.45, 2.75) is 26.7 Å². The summed E-state index contributed by atoms with van der Waals surface area (Å²) < 4.78 is 1.32. The Balaban J connectivity index is 2.74. The molecule has 2 rings (SSSR count). The normalized spacial score (nSPS) is 10.6. The third-order valence-electron chi connectivity index (χ3n) is 3.39. The van der Waals surface area contributed by atoms with Crippen LogP contribution in [0.25, 0.3) is 11.3 Å². The van der Waals surface area contributed by atoms with Crippen molar-refractivity contribution in [2.24, 2.45) is 7.05 Å². The minimum absolute atomic E-state index is 0.353. The molecular formula is C16H17N3O. The first kappa shape index (κ1) is 14.0. The minimum atomic E-state index is -0.353. The van der Waals surface area contributed by atoms with Crippen LogP contribution in [0.5, 0.6) is 0 Å². The average molecular weight is 267 g/mol. The lowest BCUT2D eigenvalue weighted by Gasteiger charge is -2.12. The molecule has 1 aromatic carbocycles. The van der Waals surface area contributed by atoms with Crippen LogP contribution in [-0.2, 0) is 7.05 Å². The quantitative estimate of drug-likeness (QED) is 0.840. The maximum atomic E-state index is 11.8. The van der Waals surface area contributed by atoms with E-state index in [0.717, 1.165) is 16.7 Å². The van der Waals surface area contributed by atoms with E-state index in [4.69, 9.17) is 0 Å². The second-order valence-corrected chi connectivity index (χ2v) is 5.24. The number of aromatic nitrogens is 2. The first-order chi connectivity index (χ1) is 9.43. The Bertz CT molecular complexity index is 751. The Morgan fingerprint density at radius 3 is 2.65 bits per heavy atom. The van der Waals surface area contributed by atoms with Crippen LogP contribution in [0, 0.1) is 18.3 Å². The van der Waals surface area contributed by atoms with Crippen LogP contribution >= 0.6 is 0 Å². The maximum absolute atomic E-state index is 11.8. The van der Waals surface area contributed by atoms with Gasteiger partial charge in [-0.05, 0) is 30.0 Å². The van der Waals surface area contributed by atoms with Crippen molar-refractivity contribution in [3.05, 3.63) is 51.6 Å². The molecule has 0 aliphatic heterocycles. The molecule has 20 heavy (non-hydrogen) atoms. The van der Waals surface area contributed by atoms with E-state index in [0.29, 0.717) is 17.2 Å². The minimum Gasteiger partial charge on any atom is -0.301 e. The van der Waals surface area contributed by atoms with Crippen molar-refractivity contribution >= 4 is 0 Å². The SMILES string of the molecule is Cc1ccc(C(C)C)cc1-c1nc(=O)n(C)cc1C#N. The molecule has 0 N–H and O–H groups in total. The van der Waals surface area contributed by atoms with Crippen molar-refractivity contribution in [1.82, 2.24) is 9.55 Å². The molecule has 102 valence electrons. The van der Waals surface area contributed by atoms with E-state index in [1.165, 1.54) is 10.8 Å². The molecule has 1 heterocycles. The molecular weight excluding hydrogens is 250 g/mol. The molecule has 0 bridgehead atoms. The first-order valence-corrected chi connectivity index (χ1v) is 6.52. The van der Waals surface area contributed by atoms with Crippen LogP contribution in [0.15, 0.2) is 29.2 Å². The van der Waals surface area contributed by atoms with Gasteiger partial charge in [0, 0.05) is 18.8 Å². The lowest BCUT2D eigenvalue weighted by atomic mass is 9.95.